The Bertz CT molecular complexity index is 455. The van der Waals surface area contributed by atoms with Gasteiger partial charge < -0.3 is 10.6 Å². The van der Waals surface area contributed by atoms with Crippen molar-refractivity contribution in [2.75, 3.05) is 12.3 Å². The quantitative estimate of drug-likeness (QED) is 0.736. The van der Waals surface area contributed by atoms with E-state index in [1.807, 2.05) is 18.7 Å². The number of hydrogen-bond donors (Lipinski definition) is 2. The van der Waals surface area contributed by atoms with Crippen LogP contribution in [0.5, 0.6) is 0 Å². The Morgan fingerprint density at radius 3 is 2.59 bits per heavy atom. The van der Waals surface area contributed by atoms with Crippen LogP contribution in [-0.4, -0.2) is 23.6 Å². The minimum atomic E-state index is -0.0703. The molecule has 1 aliphatic rings. The molecule has 1 aromatic rings. The molecule has 1 saturated carbocycles. The second-order valence-corrected chi connectivity index (χ2v) is 7.40. The Morgan fingerprint density at radius 1 is 1.27 bits per heavy atom. The molecule has 2 amide bonds. The third kappa shape index (κ3) is 5.56. The van der Waals surface area contributed by atoms with Gasteiger partial charge in [-0.3, -0.25) is 0 Å². The molecule has 0 aliphatic heterocycles. The molecule has 0 bridgehead atoms. The molecular weight excluding hydrogens is 292 g/mol. The van der Waals surface area contributed by atoms with Crippen LogP contribution >= 0.6 is 11.8 Å². The molecule has 0 aromatic heterocycles. The van der Waals surface area contributed by atoms with Gasteiger partial charge in [-0.15, -0.1) is 0 Å². The van der Waals surface area contributed by atoms with E-state index in [1.54, 1.807) is 0 Å². The fourth-order valence-electron chi connectivity index (χ4n) is 2.82. The highest BCUT2D eigenvalue weighted by molar-refractivity contribution is 7.99. The number of benzene rings is 1. The predicted octanol–water partition coefficient (Wildman–Crippen LogP) is 4.29. The first-order chi connectivity index (χ1) is 10.7. The molecule has 0 radical (unpaired) electrons. The van der Waals surface area contributed by atoms with Crippen molar-refractivity contribution in [3.63, 3.8) is 0 Å². The number of carbonyl (C=O) groups is 1. The lowest BCUT2D eigenvalue weighted by Gasteiger charge is -2.16. The molecule has 2 rings (SSSR count). The van der Waals surface area contributed by atoms with Crippen molar-refractivity contribution >= 4 is 17.8 Å². The molecule has 22 heavy (non-hydrogen) atoms. The fourth-order valence-corrected chi connectivity index (χ4v) is 4.04. The van der Waals surface area contributed by atoms with Crippen molar-refractivity contribution in [2.24, 2.45) is 0 Å². The fraction of sp³-hybridized carbons (Fsp3) is 0.611. The number of urea groups is 1. The third-order valence-corrected chi connectivity index (χ3v) is 5.66. The van der Waals surface area contributed by atoms with Crippen molar-refractivity contribution in [2.45, 2.75) is 57.2 Å². The van der Waals surface area contributed by atoms with Gasteiger partial charge in [-0.25, -0.2) is 4.79 Å². The molecule has 122 valence electrons. The molecule has 4 heteroatoms. The van der Waals surface area contributed by atoms with E-state index in [0.717, 1.165) is 29.5 Å². The summed E-state index contributed by atoms with van der Waals surface area (Å²) in [5, 5.41) is 6.78. The first-order valence-corrected chi connectivity index (χ1v) is 9.48. The number of hydrogen-bond acceptors (Lipinski definition) is 2. The number of carbonyl (C=O) groups excluding carboxylic acids is 1. The minimum absolute atomic E-state index is 0.0355. The van der Waals surface area contributed by atoms with Gasteiger partial charge in [-0.05, 0) is 37.3 Å². The molecule has 1 aromatic carbocycles. The van der Waals surface area contributed by atoms with Gasteiger partial charge in [0.25, 0.3) is 0 Å². The largest absolute Gasteiger partial charge is 0.337 e. The lowest BCUT2D eigenvalue weighted by molar-refractivity contribution is 0.238. The van der Waals surface area contributed by atoms with Crippen LogP contribution in [0.3, 0.4) is 0 Å². The summed E-state index contributed by atoms with van der Waals surface area (Å²) in [7, 11) is 0. The number of aryl methyl sites for hydroxylation is 1. The molecule has 1 unspecified atom stereocenters. The summed E-state index contributed by atoms with van der Waals surface area (Å²) in [6, 6.07) is 8.42. The number of nitrogens with one attached hydrogen (secondary N) is 2. The molecule has 1 fully saturated rings. The molecule has 3 nitrogen and oxygen atoms in total. The van der Waals surface area contributed by atoms with Gasteiger partial charge >= 0.3 is 6.03 Å². The number of amides is 2. The summed E-state index contributed by atoms with van der Waals surface area (Å²) >= 11 is 2.00. The average molecular weight is 321 g/mol. The van der Waals surface area contributed by atoms with E-state index in [-0.39, 0.29) is 12.1 Å². The third-order valence-electron chi connectivity index (χ3n) is 4.28. The van der Waals surface area contributed by atoms with Crippen LogP contribution in [0.2, 0.25) is 0 Å². The first-order valence-electron chi connectivity index (χ1n) is 8.44. The Balaban J connectivity index is 1.64. The zero-order valence-electron chi connectivity index (χ0n) is 13.7. The van der Waals surface area contributed by atoms with Gasteiger partial charge in [0.05, 0.1) is 6.04 Å². The Morgan fingerprint density at radius 2 is 1.95 bits per heavy atom. The molecule has 2 N–H and O–H groups in total. The van der Waals surface area contributed by atoms with Crippen molar-refractivity contribution < 1.29 is 4.79 Å². The van der Waals surface area contributed by atoms with E-state index in [2.05, 4.69) is 41.8 Å². The summed E-state index contributed by atoms with van der Waals surface area (Å²) in [4.78, 5) is 11.9. The molecular formula is C18H28N2OS. The normalized spacial score (nSPS) is 16.5. The zero-order chi connectivity index (χ0) is 15.8. The standard InChI is InChI=1S/C18H28N2OS/c1-3-15-8-10-16(11-9-15)14(2)20-18(21)19-12-13-22-17-6-4-5-7-17/h8-11,14,17H,3-7,12-13H2,1-2H3,(H2,19,20,21). The maximum absolute atomic E-state index is 11.9. The maximum Gasteiger partial charge on any atom is 0.315 e. The average Bonchev–Trinajstić information content (AvgIpc) is 3.05. The van der Waals surface area contributed by atoms with Crippen LogP contribution in [0.1, 0.15) is 56.7 Å². The summed E-state index contributed by atoms with van der Waals surface area (Å²) in [6.45, 7) is 4.91. The molecule has 0 heterocycles. The monoisotopic (exact) mass is 320 g/mol. The minimum Gasteiger partial charge on any atom is -0.337 e. The second kappa shape index (κ2) is 9.09. The highest BCUT2D eigenvalue weighted by Crippen LogP contribution is 2.28. The lowest BCUT2D eigenvalue weighted by Crippen LogP contribution is -2.38. The first kappa shape index (κ1) is 17.2. The van der Waals surface area contributed by atoms with Gasteiger partial charge in [0.2, 0.25) is 0 Å². The zero-order valence-corrected chi connectivity index (χ0v) is 14.5. The van der Waals surface area contributed by atoms with Gasteiger partial charge in [0, 0.05) is 17.5 Å². The summed E-state index contributed by atoms with van der Waals surface area (Å²) in [5.74, 6) is 1.01. The highest BCUT2D eigenvalue weighted by atomic mass is 32.2. The Hall–Kier alpha value is -1.16. The lowest BCUT2D eigenvalue weighted by atomic mass is 10.1. The van der Waals surface area contributed by atoms with Crippen LogP contribution < -0.4 is 10.6 Å². The van der Waals surface area contributed by atoms with Crippen LogP contribution in [0.15, 0.2) is 24.3 Å². The van der Waals surface area contributed by atoms with Crippen molar-refractivity contribution in [1.82, 2.24) is 10.6 Å². The summed E-state index contributed by atoms with van der Waals surface area (Å²) < 4.78 is 0. The molecule has 0 saturated heterocycles. The van der Waals surface area contributed by atoms with Crippen LogP contribution in [-0.2, 0) is 6.42 Å². The maximum atomic E-state index is 11.9. The molecule has 1 atom stereocenters. The topological polar surface area (TPSA) is 41.1 Å². The summed E-state index contributed by atoms with van der Waals surface area (Å²) in [6.07, 6.45) is 6.49. The van der Waals surface area contributed by atoms with Gasteiger partial charge in [-0.2, -0.15) is 11.8 Å². The van der Waals surface area contributed by atoms with Crippen molar-refractivity contribution in [3.05, 3.63) is 35.4 Å². The SMILES string of the molecule is CCc1ccc(C(C)NC(=O)NCCSC2CCCC2)cc1. The van der Waals surface area contributed by atoms with E-state index in [4.69, 9.17) is 0 Å². The van der Waals surface area contributed by atoms with E-state index in [9.17, 15) is 4.79 Å². The van der Waals surface area contributed by atoms with E-state index in [1.165, 1.54) is 31.2 Å². The Labute approximate surface area is 138 Å². The smallest absolute Gasteiger partial charge is 0.315 e. The van der Waals surface area contributed by atoms with Crippen LogP contribution in [0.25, 0.3) is 0 Å². The number of thioether (sulfide) groups is 1. The van der Waals surface area contributed by atoms with E-state index < -0.39 is 0 Å². The van der Waals surface area contributed by atoms with Gasteiger partial charge in [0.15, 0.2) is 0 Å². The van der Waals surface area contributed by atoms with Gasteiger partial charge in [0.1, 0.15) is 0 Å². The highest BCUT2D eigenvalue weighted by Gasteiger charge is 2.15. The Kier molecular flexibility index (Phi) is 7.10. The van der Waals surface area contributed by atoms with E-state index >= 15 is 0 Å². The molecule has 1 aliphatic carbocycles. The molecule has 0 spiro atoms. The predicted molar refractivity (Wildman–Crippen MR) is 95.5 cm³/mol. The van der Waals surface area contributed by atoms with Crippen LogP contribution in [0, 0.1) is 0 Å². The van der Waals surface area contributed by atoms with Crippen molar-refractivity contribution in [3.8, 4) is 0 Å². The summed E-state index contributed by atoms with van der Waals surface area (Å²) in [5.41, 5.74) is 2.47. The van der Waals surface area contributed by atoms with E-state index in [0.29, 0.717) is 0 Å². The van der Waals surface area contributed by atoms with Crippen LogP contribution in [0.4, 0.5) is 4.79 Å². The van der Waals surface area contributed by atoms with Gasteiger partial charge in [-0.1, -0.05) is 44.0 Å². The number of rotatable bonds is 7. The van der Waals surface area contributed by atoms with Crippen molar-refractivity contribution in [1.29, 1.82) is 0 Å². The second-order valence-electron chi connectivity index (χ2n) is 5.99.